The van der Waals surface area contributed by atoms with Crippen LogP contribution in [0, 0.1) is 0 Å². The SMILES string of the molecule is CC(C)N1c2nonc2N(C(C)C)c2nonc21. The fourth-order valence-electron chi connectivity index (χ4n) is 2.14. The van der Waals surface area contributed by atoms with Crippen molar-refractivity contribution in [3.05, 3.63) is 0 Å². The van der Waals surface area contributed by atoms with Crippen molar-refractivity contribution in [3.63, 3.8) is 0 Å². The molecule has 18 heavy (non-hydrogen) atoms. The molecule has 0 unspecified atom stereocenters. The van der Waals surface area contributed by atoms with Gasteiger partial charge in [0.05, 0.1) is 0 Å². The number of anilines is 4. The number of hydrogen-bond acceptors (Lipinski definition) is 8. The predicted octanol–water partition coefficient (Wildman–Crippen LogP) is 1.86. The van der Waals surface area contributed by atoms with Crippen LogP contribution in [0.1, 0.15) is 27.7 Å². The van der Waals surface area contributed by atoms with Crippen LogP contribution in [0.15, 0.2) is 9.26 Å². The van der Waals surface area contributed by atoms with Crippen molar-refractivity contribution in [2.45, 2.75) is 39.8 Å². The summed E-state index contributed by atoms with van der Waals surface area (Å²) in [5.74, 6) is 2.56. The lowest BCUT2D eigenvalue weighted by atomic mass is 10.2. The smallest absolute Gasteiger partial charge is 0.224 e. The van der Waals surface area contributed by atoms with Gasteiger partial charge in [0.1, 0.15) is 0 Å². The molecule has 0 spiro atoms. The minimum absolute atomic E-state index is 0.149. The molecule has 2 aromatic heterocycles. The molecule has 3 rings (SSSR count). The second kappa shape index (κ2) is 3.69. The van der Waals surface area contributed by atoms with E-state index in [0.29, 0.717) is 23.3 Å². The normalized spacial score (nSPS) is 14.3. The van der Waals surface area contributed by atoms with Gasteiger partial charge in [-0.1, -0.05) is 0 Å². The molecule has 0 aliphatic carbocycles. The van der Waals surface area contributed by atoms with Crippen LogP contribution in [-0.2, 0) is 0 Å². The first-order valence-corrected chi connectivity index (χ1v) is 5.84. The van der Waals surface area contributed by atoms with E-state index in [-0.39, 0.29) is 12.1 Å². The molecular weight excluding hydrogens is 236 g/mol. The Kier molecular flexibility index (Phi) is 2.25. The third kappa shape index (κ3) is 1.31. The van der Waals surface area contributed by atoms with Crippen LogP contribution in [0.4, 0.5) is 23.3 Å². The molecule has 8 heteroatoms. The maximum atomic E-state index is 4.86. The van der Waals surface area contributed by atoms with E-state index >= 15 is 0 Å². The maximum absolute atomic E-state index is 4.86. The molecule has 0 saturated heterocycles. The van der Waals surface area contributed by atoms with Crippen molar-refractivity contribution in [3.8, 4) is 0 Å². The molecule has 0 N–H and O–H groups in total. The van der Waals surface area contributed by atoms with E-state index in [4.69, 9.17) is 9.26 Å². The molecule has 0 fully saturated rings. The Bertz CT molecular complexity index is 473. The van der Waals surface area contributed by atoms with Crippen LogP contribution in [0.2, 0.25) is 0 Å². The van der Waals surface area contributed by atoms with Crippen LogP contribution < -0.4 is 9.80 Å². The number of nitrogens with zero attached hydrogens (tertiary/aromatic N) is 6. The third-order valence-corrected chi connectivity index (χ3v) is 2.85. The van der Waals surface area contributed by atoms with E-state index in [1.54, 1.807) is 0 Å². The molecule has 0 aromatic carbocycles. The van der Waals surface area contributed by atoms with Crippen molar-refractivity contribution in [1.29, 1.82) is 0 Å². The van der Waals surface area contributed by atoms with Gasteiger partial charge in [0.2, 0.25) is 23.3 Å². The van der Waals surface area contributed by atoms with Crippen molar-refractivity contribution in [1.82, 2.24) is 20.6 Å². The van der Waals surface area contributed by atoms with E-state index < -0.39 is 0 Å². The highest BCUT2D eigenvalue weighted by atomic mass is 16.6. The lowest BCUT2D eigenvalue weighted by molar-refractivity contribution is 0.301. The molecule has 2 aromatic rings. The summed E-state index contributed by atoms with van der Waals surface area (Å²) in [5.41, 5.74) is 0. The molecule has 3 heterocycles. The fraction of sp³-hybridized carbons (Fsp3) is 0.600. The van der Waals surface area contributed by atoms with Gasteiger partial charge in [-0.05, 0) is 48.3 Å². The lowest BCUT2D eigenvalue weighted by Crippen LogP contribution is -2.36. The van der Waals surface area contributed by atoms with Gasteiger partial charge in [-0.2, -0.15) is 0 Å². The van der Waals surface area contributed by atoms with Crippen molar-refractivity contribution in [2.75, 3.05) is 9.80 Å². The van der Waals surface area contributed by atoms with Crippen molar-refractivity contribution < 1.29 is 9.26 Å². The van der Waals surface area contributed by atoms with Crippen LogP contribution in [0.25, 0.3) is 0 Å². The summed E-state index contributed by atoms with van der Waals surface area (Å²) < 4.78 is 9.72. The predicted molar refractivity (Wildman–Crippen MR) is 63.1 cm³/mol. The Morgan fingerprint density at radius 2 is 0.944 bits per heavy atom. The highest BCUT2D eigenvalue weighted by molar-refractivity contribution is 5.85. The molecule has 0 amide bonds. The number of fused-ring (bicyclic) bond motifs is 2. The fourth-order valence-corrected chi connectivity index (χ4v) is 2.14. The second-order valence-corrected chi connectivity index (χ2v) is 4.75. The molecule has 1 aliphatic rings. The van der Waals surface area contributed by atoms with Crippen LogP contribution >= 0.6 is 0 Å². The first-order valence-electron chi connectivity index (χ1n) is 5.84. The van der Waals surface area contributed by atoms with Gasteiger partial charge >= 0.3 is 0 Å². The average molecular weight is 250 g/mol. The van der Waals surface area contributed by atoms with Gasteiger partial charge in [-0.3, -0.25) is 9.80 Å². The monoisotopic (exact) mass is 250 g/mol. The summed E-state index contributed by atoms with van der Waals surface area (Å²) in [4.78, 5) is 3.80. The summed E-state index contributed by atoms with van der Waals surface area (Å²) >= 11 is 0. The highest BCUT2D eigenvalue weighted by Gasteiger charge is 2.39. The largest absolute Gasteiger partial charge is 0.296 e. The summed E-state index contributed by atoms with van der Waals surface area (Å²) in [5, 5.41) is 15.8. The molecule has 0 atom stereocenters. The van der Waals surface area contributed by atoms with Gasteiger partial charge in [0.15, 0.2) is 0 Å². The van der Waals surface area contributed by atoms with E-state index in [2.05, 4.69) is 20.6 Å². The van der Waals surface area contributed by atoms with Gasteiger partial charge in [-0.25, -0.2) is 9.26 Å². The molecule has 0 bridgehead atoms. The summed E-state index contributed by atoms with van der Waals surface area (Å²) in [6.45, 7) is 8.12. The molecule has 96 valence electrons. The van der Waals surface area contributed by atoms with Gasteiger partial charge in [0, 0.05) is 12.1 Å². The summed E-state index contributed by atoms with van der Waals surface area (Å²) in [7, 11) is 0. The van der Waals surface area contributed by atoms with Crippen molar-refractivity contribution >= 4 is 23.3 Å². The molecule has 8 nitrogen and oxygen atoms in total. The van der Waals surface area contributed by atoms with Gasteiger partial charge < -0.3 is 0 Å². The zero-order chi connectivity index (χ0) is 12.9. The van der Waals surface area contributed by atoms with Crippen molar-refractivity contribution in [2.24, 2.45) is 0 Å². The molecular formula is C10H14N6O2. The number of rotatable bonds is 2. The zero-order valence-corrected chi connectivity index (χ0v) is 10.7. The quantitative estimate of drug-likeness (QED) is 0.798. The Hall–Kier alpha value is -2.12. The first kappa shape index (κ1) is 11.0. The lowest BCUT2D eigenvalue weighted by Gasteiger charge is -2.34. The van der Waals surface area contributed by atoms with Crippen LogP contribution in [-0.4, -0.2) is 32.7 Å². The van der Waals surface area contributed by atoms with E-state index in [9.17, 15) is 0 Å². The minimum Gasteiger partial charge on any atom is -0.296 e. The molecule has 0 radical (unpaired) electrons. The van der Waals surface area contributed by atoms with Gasteiger partial charge in [0.25, 0.3) is 0 Å². The summed E-state index contributed by atoms with van der Waals surface area (Å²) in [6, 6.07) is 0.297. The third-order valence-electron chi connectivity index (χ3n) is 2.85. The van der Waals surface area contributed by atoms with E-state index in [0.717, 1.165) is 0 Å². The Labute approximate surface area is 103 Å². The van der Waals surface area contributed by atoms with Crippen LogP contribution in [0.5, 0.6) is 0 Å². The van der Waals surface area contributed by atoms with E-state index in [1.165, 1.54) is 0 Å². The maximum Gasteiger partial charge on any atom is 0.224 e. The second-order valence-electron chi connectivity index (χ2n) is 4.75. The average Bonchev–Trinajstić information content (AvgIpc) is 2.91. The highest BCUT2D eigenvalue weighted by Crippen LogP contribution is 2.45. The number of hydrogen-bond donors (Lipinski definition) is 0. The Morgan fingerprint density at radius 1 is 0.667 bits per heavy atom. The van der Waals surface area contributed by atoms with Gasteiger partial charge in [-0.15, -0.1) is 0 Å². The molecule has 0 saturated carbocycles. The van der Waals surface area contributed by atoms with Crippen LogP contribution in [0.3, 0.4) is 0 Å². The Morgan fingerprint density at radius 3 is 1.17 bits per heavy atom. The standard InChI is InChI=1S/C10H14N6O2/c1-5(2)15-7-9(13-17-11-7)16(6(3)4)10-8(15)12-18-14-10/h5-6H,1-4H3. The topological polar surface area (TPSA) is 84.3 Å². The Balaban J connectivity index is 2.22. The zero-order valence-electron chi connectivity index (χ0n) is 10.7. The minimum atomic E-state index is 0.149. The summed E-state index contributed by atoms with van der Waals surface area (Å²) in [6.07, 6.45) is 0. The van der Waals surface area contributed by atoms with E-state index in [1.807, 2.05) is 37.5 Å². The first-order chi connectivity index (χ1) is 8.61. The number of aromatic nitrogens is 4. The molecule has 1 aliphatic heterocycles.